The molecule has 2 rings (SSSR count). The first-order chi connectivity index (χ1) is 12.0. The number of carbonyl (C=O) groups is 1. The van der Waals surface area contributed by atoms with Gasteiger partial charge in [-0.3, -0.25) is 14.9 Å². The zero-order valence-electron chi connectivity index (χ0n) is 14.4. The van der Waals surface area contributed by atoms with E-state index in [9.17, 15) is 14.9 Å². The van der Waals surface area contributed by atoms with Gasteiger partial charge in [0.1, 0.15) is 0 Å². The number of rotatable bonds is 7. The maximum Gasteiger partial charge on any atom is 0.272 e. The van der Waals surface area contributed by atoms with E-state index in [0.717, 1.165) is 5.56 Å². The quantitative estimate of drug-likeness (QED) is 0.616. The summed E-state index contributed by atoms with van der Waals surface area (Å²) in [5, 5.41) is 13.6. The second kappa shape index (κ2) is 8.14. The summed E-state index contributed by atoms with van der Waals surface area (Å²) in [4.78, 5) is 22.5. The van der Waals surface area contributed by atoms with Gasteiger partial charge in [0.2, 0.25) is 0 Å². The van der Waals surface area contributed by atoms with Crippen LogP contribution in [0.1, 0.15) is 21.5 Å². The number of ether oxygens (including phenoxy) is 2. The molecular formula is C18H20N2O5. The van der Waals surface area contributed by atoms with Crippen molar-refractivity contribution in [1.82, 2.24) is 5.32 Å². The molecule has 0 saturated heterocycles. The summed E-state index contributed by atoms with van der Waals surface area (Å²) in [7, 11) is 3.14. The second-order valence-electron chi connectivity index (χ2n) is 5.45. The van der Waals surface area contributed by atoms with Crippen molar-refractivity contribution in [3.63, 3.8) is 0 Å². The smallest absolute Gasteiger partial charge is 0.272 e. The lowest BCUT2D eigenvalue weighted by Crippen LogP contribution is -2.25. The Morgan fingerprint density at radius 1 is 1.12 bits per heavy atom. The van der Waals surface area contributed by atoms with Crippen molar-refractivity contribution in [3.05, 3.63) is 63.2 Å². The van der Waals surface area contributed by atoms with Crippen LogP contribution in [0.25, 0.3) is 0 Å². The highest BCUT2D eigenvalue weighted by molar-refractivity contribution is 5.94. The van der Waals surface area contributed by atoms with Crippen LogP contribution in [0, 0.1) is 17.0 Å². The fourth-order valence-corrected chi connectivity index (χ4v) is 2.46. The molecule has 1 amide bonds. The number of benzene rings is 2. The van der Waals surface area contributed by atoms with E-state index >= 15 is 0 Å². The molecule has 0 bridgehead atoms. The summed E-state index contributed by atoms with van der Waals surface area (Å²) < 4.78 is 10.4. The Balaban J connectivity index is 1.96. The van der Waals surface area contributed by atoms with Gasteiger partial charge in [-0.25, -0.2) is 0 Å². The molecule has 0 unspecified atom stereocenters. The Morgan fingerprint density at radius 2 is 1.84 bits per heavy atom. The van der Waals surface area contributed by atoms with Crippen molar-refractivity contribution in [1.29, 1.82) is 0 Å². The molecule has 0 heterocycles. The molecular weight excluding hydrogens is 324 g/mol. The number of nitro benzene ring substituents is 1. The van der Waals surface area contributed by atoms with E-state index in [0.29, 0.717) is 35.6 Å². The molecule has 0 aliphatic rings. The Labute approximate surface area is 145 Å². The van der Waals surface area contributed by atoms with Crippen LogP contribution in [0.5, 0.6) is 11.5 Å². The van der Waals surface area contributed by atoms with Crippen LogP contribution in [0.15, 0.2) is 36.4 Å². The van der Waals surface area contributed by atoms with Gasteiger partial charge in [0.05, 0.1) is 19.1 Å². The predicted molar refractivity (Wildman–Crippen MR) is 93.4 cm³/mol. The fourth-order valence-electron chi connectivity index (χ4n) is 2.46. The fraction of sp³-hybridized carbons (Fsp3) is 0.278. The van der Waals surface area contributed by atoms with Gasteiger partial charge < -0.3 is 14.8 Å². The third-order valence-corrected chi connectivity index (χ3v) is 3.80. The van der Waals surface area contributed by atoms with Crippen LogP contribution in [-0.2, 0) is 6.42 Å². The Hall–Kier alpha value is -3.09. The van der Waals surface area contributed by atoms with Gasteiger partial charge in [-0.1, -0.05) is 6.07 Å². The standard InChI is InChI=1S/C18H20N2O5/c1-12-10-14(5-6-15(12)20(22)23)18(21)19-9-8-13-4-7-16(24-2)17(11-13)25-3/h4-7,10-11H,8-9H2,1-3H3,(H,19,21). The monoisotopic (exact) mass is 344 g/mol. The minimum Gasteiger partial charge on any atom is -0.493 e. The van der Waals surface area contributed by atoms with E-state index in [1.807, 2.05) is 18.2 Å². The van der Waals surface area contributed by atoms with Crippen LogP contribution in [0.3, 0.4) is 0 Å². The Morgan fingerprint density at radius 3 is 2.44 bits per heavy atom. The highest BCUT2D eigenvalue weighted by atomic mass is 16.6. The van der Waals surface area contributed by atoms with Crippen LogP contribution in [-0.4, -0.2) is 31.6 Å². The summed E-state index contributed by atoms with van der Waals surface area (Å²) in [6, 6.07) is 9.90. The zero-order valence-corrected chi connectivity index (χ0v) is 14.4. The largest absolute Gasteiger partial charge is 0.493 e. The molecule has 0 fully saturated rings. The van der Waals surface area contributed by atoms with Crippen LogP contribution in [0.2, 0.25) is 0 Å². The number of hydrogen-bond acceptors (Lipinski definition) is 5. The number of nitrogens with zero attached hydrogens (tertiary/aromatic N) is 1. The average molecular weight is 344 g/mol. The molecule has 0 radical (unpaired) electrons. The third kappa shape index (κ3) is 4.47. The van der Waals surface area contributed by atoms with E-state index in [1.165, 1.54) is 18.2 Å². The van der Waals surface area contributed by atoms with Crippen LogP contribution in [0.4, 0.5) is 5.69 Å². The molecule has 7 nitrogen and oxygen atoms in total. The molecule has 0 aliphatic carbocycles. The molecule has 0 atom stereocenters. The van der Waals surface area contributed by atoms with Gasteiger partial charge in [-0.2, -0.15) is 0 Å². The van der Waals surface area contributed by atoms with Crippen molar-refractivity contribution in [2.24, 2.45) is 0 Å². The Bertz CT molecular complexity index is 789. The maximum absolute atomic E-state index is 12.2. The molecule has 7 heteroatoms. The van der Waals surface area contributed by atoms with Crippen molar-refractivity contribution in [2.75, 3.05) is 20.8 Å². The van der Waals surface area contributed by atoms with E-state index in [2.05, 4.69) is 5.32 Å². The van der Waals surface area contributed by atoms with Crippen molar-refractivity contribution >= 4 is 11.6 Å². The first kappa shape index (κ1) is 18.3. The van der Waals surface area contributed by atoms with Gasteiger partial charge in [0.15, 0.2) is 11.5 Å². The molecule has 0 aromatic heterocycles. The van der Waals surface area contributed by atoms with E-state index in [-0.39, 0.29) is 11.6 Å². The van der Waals surface area contributed by atoms with E-state index in [4.69, 9.17) is 9.47 Å². The van der Waals surface area contributed by atoms with Gasteiger partial charge >= 0.3 is 0 Å². The average Bonchev–Trinajstić information content (AvgIpc) is 2.60. The number of hydrogen-bond donors (Lipinski definition) is 1. The topological polar surface area (TPSA) is 90.7 Å². The summed E-state index contributed by atoms with van der Waals surface area (Å²) in [6.07, 6.45) is 0.623. The number of carbonyl (C=O) groups excluding carboxylic acids is 1. The highest BCUT2D eigenvalue weighted by Gasteiger charge is 2.13. The van der Waals surface area contributed by atoms with E-state index in [1.54, 1.807) is 21.1 Å². The molecule has 132 valence electrons. The number of methoxy groups -OCH3 is 2. The first-order valence-corrected chi connectivity index (χ1v) is 7.70. The lowest BCUT2D eigenvalue weighted by Gasteiger charge is -2.10. The molecule has 2 aromatic rings. The Kier molecular flexibility index (Phi) is 5.94. The van der Waals surface area contributed by atoms with Gasteiger partial charge in [0.25, 0.3) is 11.6 Å². The zero-order chi connectivity index (χ0) is 18.4. The molecule has 2 aromatic carbocycles. The molecule has 1 N–H and O–H groups in total. The molecule has 25 heavy (non-hydrogen) atoms. The highest BCUT2D eigenvalue weighted by Crippen LogP contribution is 2.27. The minimum absolute atomic E-state index is 0.00174. The summed E-state index contributed by atoms with van der Waals surface area (Å²) in [5.41, 5.74) is 1.85. The predicted octanol–water partition coefficient (Wildman–Crippen LogP) is 2.89. The van der Waals surface area contributed by atoms with Gasteiger partial charge in [0, 0.05) is 23.7 Å². The normalized spacial score (nSPS) is 10.2. The SMILES string of the molecule is COc1ccc(CCNC(=O)c2ccc([N+](=O)[O-])c(C)c2)cc1OC. The van der Waals surface area contributed by atoms with Crippen molar-refractivity contribution < 1.29 is 19.2 Å². The minimum atomic E-state index is -0.464. The molecule has 0 saturated carbocycles. The van der Waals surface area contributed by atoms with E-state index < -0.39 is 4.92 Å². The number of nitrogens with one attached hydrogen (secondary N) is 1. The lowest BCUT2D eigenvalue weighted by atomic mass is 10.1. The number of nitro groups is 1. The first-order valence-electron chi connectivity index (χ1n) is 7.70. The molecule has 0 spiro atoms. The van der Waals surface area contributed by atoms with Crippen LogP contribution >= 0.6 is 0 Å². The maximum atomic E-state index is 12.2. The number of amides is 1. The van der Waals surface area contributed by atoms with Gasteiger partial charge in [-0.05, 0) is 43.2 Å². The van der Waals surface area contributed by atoms with Crippen molar-refractivity contribution in [2.45, 2.75) is 13.3 Å². The van der Waals surface area contributed by atoms with Crippen LogP contribution < -0.4 is 14.8 Å². The van der Waals surface area contributed by atoms with Gasteiger partial charge in [-0.15, -0.1) is 0 Å². The molecule has 0 aliphatic heterocycles. The summed E-state index contributed by atoms with van der Waals surface area (Å²) >= 11 is 0. The third-order valence-electron chi connectivity index (χ3n) is 3.80. The second-order valence-corrected chi connectivity index (χ2v) is 5.45. The van der Waals surface area contributed by atoms with Crippen molar-refractivity contribution in [3.8, 4) is 11.5 Å². The summed E-state index contributed by atoms with van der Waals surface area (Å²) in [5.74, 6) is 1.02. The summed E-state index contributed by atoms with van der Waals surface area (Å²) in [6.45, 7) is 2.04. The lowest BCUT2D eigenvalue weighted by molar-refractivity contribution is -0.385. The number of aryl methyl sites for hydroxylation is 1.